The fourth-order valence-corrected chi connectivity index (χ4v) is 1.15. The second-order valence-corrected chi connectivity index (χ2v) is 3.00. The third-order valence-corrected chi connectivity index (χ3v) is 1.72. The van der Waals surface area contributed by atoms with E-state index in [-0.39, 0.29) is 5.69 Å². The van der Waals surface area contributed by atoms with Gasteiger partial charge in [0.15, 0.2) is 5.69 Å². The molecule has 94 valence electrons. The van der Waals surface area contributed by atoms with Gasteiger partial charge in [0, 0.05) is 13.0 Å². The summed E-state index contributed by atoms with van der Waals surface area (Å²) in [6.07, 6.45) is -5.05. The van der Waals surface area contributed by atoms with Crippen LogP contribution < -0.4 is 4.74 Å². The van der Waals surface area contributed by atoms with Gasteiger partial charge in [0.05, 0.1) is 0 Å². The number of nitro groups is 1. The lowest BCUT2D eigenvalue weighted by atomic mass is 10.2. The van der Waals surface area contributed by atoms with Crippen LogP contribution in [0.3, 0.4) is 0 Å². The molecule has 1 aromatic heterocycles. The summed E-state index contributed by atoms with van der Waals surface area (Å²) in [5.41, 5.74) is -0.911. The topological polar surface area (TPSA) is 65.3 Å². The Morgan fingerprint density at radius 1 is 1.53 bits per heavy atom. The molecule has 0 unspecified atom stereocenters. The van der Waals surface area contributed by atoms with E-state index in [1.165, 1.54) is 6.92 Å². The van der Waals surface area contributed by atoms with Gasteiger partial charge in [-0.25, -0.2) is 4.39 Å². The number of hydrogen-bond acceptors (Lipinski definition) is 4. The van der Waals surface area contributed by atoms with Crippen molar-refractivity contribution in [3.63, 3.8) is 0 Å². The van der Waals surface area contributed by atoms with Crippen LogP contribution in [0.2, 0.25) is 0 Å². The molecule has 1 heterocycles. The summed E-state index contributed by atoms with van der Waals surface area (Å²) in [5, 5.41) is 10.5. The zero-order valence-electron chi connectivity index (χ0n) is 8.42. The first kappa shape index (κ1) is 13.1. The minimum atomic E-state index is -5.05. The van der Waals surface area contributed by atoms with Gasteiger partial charge in [-0.15, -0.1) is 13.2 Å². The maximum Gasteiger partial charge on any atom is 0.573 e. The van der Waals surface area contributed by atoms with Crippen molar-refractivity contribution in [2.45, 2.75) is 20.0 Å². The molecule has 0 amide bonds. The second-order valence-electron chi connectivity index (χ2n) is 3.00. The Morgan fingerprint density at radius 2 is 2.12 bits per heavy atom. The standard InChI is InChI=1S/C8H6F4N2O3/c1-4-2-6(17-8(10,11)12)5(3-9)7(13-4)14(15)16/h2H,3H2,1H3. The molecule has 0 atom stereocenters. The molecule has 0 radical (unpaired) electrons. The van der Waals surface area contributed by atoms with Gasteiger partial charge in [-0.1, -0.05) is 0 Å². The Labute approximate surface area is 92.2 Å². The van der Waals surface area contributed by atoms with Crippen LogP contribution in [-0.4, -0.2) is 16.3 Å². The summed E-state index contributed by atoms with van der Waals surface area (Å²) >= 11 is 0. The molecule has 0 saturated heterocycles. The highest BCUT2D eigenvalue weighted by Crippen LogP contribution is 2.32. The summed E-state index contributed by atoms with van der Waals surface area (Å²) in [5.74, 6) is -1.93. The number of aromatic nitrogens is 1. The number of ether oxygens (including phenoxy) is 1. The summed E-state index contributed by atoms with van der Waals surface area (Å²) < 4.78 is 52.0. The predicted molar refractivity (Wildman–Crippen MR) is 47.1 cm³/mol. The zero-order valence-corrected chi connectivity index (χ0v) is 8.42. The maximum atomic E-state index is 12.5. The minimum absolute atomic E-state index is 0.0758. The van der Waals surface area contributed by atoms with Crippen molar-refractivity contribution < 1.29 is 27.2 Å². The molecule has 0 fully saturated rings. The number of nitrogens with zero attached hydrogens (tertiary/aromatic N) is 2. The Bertz CT molecular complexity index is 447. The molecular weight excluding hydrogens is 248 g/mol. The molecule has 9 heteroatoms. The van der Waals surface area contributed by atoms with Gasteiger partial charge >= 0.3 is 12.2 Å². The van der Waals surface area contributed by atoms with E-state index in [1.54, 1.807) is 0 Å². The van der Waals surface area contributed by atoms with Gasteiger partial charge in [-0.05, 0) is 9.91 Å². The van der Waals surface area contributed by atoms with Crippen molar-refractivity contribution in [1.82, 2.24) is 4.98 Å². The number of alkyl halides is 4. The molecule has 0 saturated carbocycles. The third kappa shape index (κ3) is 3.26. The van der Waals surface area contributed by atoms with Crippen LogP contribution >= 0.6 is 0 Å². The largest absolute Gasteiger partial charge is 0.573 e. The quantitative estimate of drug-likeness (QED) is 0.472. The van der Waals surface area contributed by atoms with Gasteiger partial charge in [-0.2, -0.15) is 0 Å². The molecule has 0 aliphatic heterocycles. The first-order chi connectivity index (χ1) is 7.74. The van der Waals surface area contributed by atoms with E-state index in [2.05, 4.69) is 9.72 Å². The lowest BCUT2D eigenvalue weighted by Crippen LogP contribution is -2.19. The van der Waals surface area contributed by atoms with Crippen molar-refractivity contribution in [2.24, 2.45) is 0 Å². The van der Waals surface area contributed by atoms with E-state index in [0.717, 1.165) is 6.07 Å². The van der Waals surface area contributed by atoms with Crippen LogP contribution in [-0.2, 0) is 6.67 Å². The van der Waals surface area contributed by atoms with E-state index < -0.39 is 35.1 Å². The highest BCUT2D eigenvalue weighted by molar-refractivity contribution is 5.45. The Kier molecular flexibility index (Phi) is 3.49. The normalized spacial score (nSPS) is 11.4. The number of rotatable bonds is 3. The molecule has 1 rings (SSSR count). The lowest BCUT2D eigenvalue weighted by Gasteiger charge is -2.11. The summed E-state index contributed by atoms with van der Waals surface area (Å²) in [6, 6.07) is 0.787. The minimum Gasteiger partial charge on any atom is -0.405 e. The third-order valence-electron chi connectivity index (χ3n) is 1.72. The lowest BCUT2D eigenvalue weighted by molar-refractivity contribution is -0.390. The maximum absolute atomic E-state index is 12.5. The summed E-state index contributed by atoms with van der Waals surface area (Å²) in [6.45, 7) is -0.243. The van der Waals surface area contributed by atoms with Crippen LogP contribution in [0.25, 0.3) is 0 Å². The van der Waals surface area contributed by atoms with E-state index in [1.807, 2.05) is 0 Å². The smallest absolute Gasteiger partial charge is 0.405 e. The second kappa shape index (κ2) is 4.52. The molecule has 0 aliphatic carbocycles. The number of halogens is 4. The van der Waals surface area contributed by atoms with Gasteiger partial charge in [0.2, 0.25) is 0 Å². The van der Waals surface area contributed by atoms with Crippen molar-refractivity contribution in [3.8, 4) is 5.75 Å². The molecule has 0 N–H and O–H groups in total. The van der Waals surface area contributed by atoms with Crippen LogP contribution in [0.15, 0.2) is 6.07 Å². The van der Waals surface area contributed by atoms with E-state index in [9.17, 15) is 27.7 Å². The van der Waals surface area contributed by atoms with E-state index in [0.29, 0.717) is 0 Å². The Balaban J connectivity index is 3.33. The first-order valence-corrected chi connectivity index (χ1v) is 4.21. The first-order valence-electron chi connectivity index (χ1n) is 4.21. The van der Waals surface area contributed by atoms with Crippen LogP contribution in [0, 0.1) is 17.0 Å². The number of hydrogen-bond donors (Lipinski definition) is 0. The van der Waals surface area contributed by atoms with E-state index >= 15 is 0 Å². The Hall–Kier alpha value is -1.93. The summed E-state index contributed by atoms with van der Waals surface area (Å²) in [7, 11) is 0. The summed E-state index contributed by atoms with van der Waals surface area (Å²) in [4.78, 5) is 12.8. The van der Waals surface area contributed by atoms with Crippen molar-refractivity contribution in [1.29, 1.82) is 0 Å². The molecule has 0 aliphatic rings. The van der Waals surface area contributed by atoms with E-state index in [4.69, 9.17) is 0 Å². The van der Waals surface area contributed by atoms with Crippen LogP contribution in [0.4, 0.5) is 23.4 Å². The average Bonchev–Trinajstić information content (AvgIpc) is 2.14. The number of pyridine rings is 1. The molecule has 0 aromatic carbocycles. The predicted octanol–water partition coefficient (Wildman–Crippen LogP) is 2.67. The molecule has 1 aromatic rings. The SMILES string of the molecule is Cc1cc(OC(F)(F)F)c(CF)c([N+](=O)[O-])n1. The molecule has 17 heavy (non-hydrogen) atoms. The average molecular weight is 254 g/mol. The van der Waals surface area contributed by atoms with Crippen molar-refractivity contribution in [3.05, 3.63) is 27.4 Å². The van der Waals surface area contributed by atoms with Crippen molar-refractivity contribution >= 4 is 5.82 Å². The van der Waals surface area contributed by atoms with Gasteiger partial charge < -0.3 is 14.9 Å². The molecule has 0 bridgehead atoms. The van der Waals surface area contributed by atoms with Crippen LogP contribution in [0.1, 0.15) is 11.3 Å². The highest BCUT2D eigenvalue weighted by Gasteiger charge is 2.34. The monoisotopic (exact) mass is 254 g/mol. The molecule has 5 nitrogen and oxygen atoms in total. The van der Waals surface area contributed by atoms with Gasteiger partial charge in [0.25, 0.3) is 0 Å². The van der Waals surface area contributed by atoms with Crippen LogP contribution in [0.5, 0.6) is 5.75 Å². The molecular formula is C8H6F4N2O3. The highest BCUT2D eigenvalue weighted by atomic mass is 19.4. The van der Waals surface area contributed by atoms with Gasteiger partial charge in [0.1, 0.15) is 18.0 Å². The van der Waals surface area contributed by atoms with Crippen molar-refractivity contribution in [2.75, 3.05) is 0 Å². The number of aryl methyl sites for hydroxylation is 1. The fourth-order valence-electron chi connectivity index (χ4n) is 1.15. The Morgan fingerprint density at radius 3 is 2.53 bits per heavy atom. The zero-order chi connectivity index (χ0) is 13.2. The van der Waals surface area contributed by atoms with Gasteiger partial charge in [-0.3, -0.25) is 0 Å². The molecule has 0 spiro atoms. The fraction of sp³-hybridized carbons (Fsp3) is 0.375.